The van der Waals surface area contributed by atoms with Crippen LogP contribution in [-0.4, -0.2) is 43.1 Å². The maximum atomic E-state index is 11.8. The van der Waals surface area contributed by atoms with Crippen molar-refractivity contribution < 1.29 is 4.79 Å². The van der Waals surface area contributed by atoms with Crippen LogP contribution in [0.25, 0.3) is 0 Å². The van der Waals surface area contributed by atoms with E-state index < -0.39 is 0 Å². The largest absolute Gasteiger partial charge is 0.351 e. The van der Waals surface area contributed by atoms with E-state index in [2.05, 4.69) is 20.9 Å². The van der Waals surface area contributed by atoms with E-state index in [0.29, 0.717) is 12.2 Å². The third-order valence-electron chi connectivity index (χ3n) is 4.30. The number of carbonyl (C=O) groups is 1. The number of nitrogens with one attached hydrogen (secondary N) is 3. The van der Waals surface area contributed by atoms with Gasteiger partial charge in [-0.2, -0.15) is 0 Å². The number of rotatable bonds is 10. The van der Waals surface area contributed by atoms with Crippen LogP contribution in [0.4, 0.5) is 0 Å². The number of hydrogen-bond donors (Lipinski definition) is 3. The van der Waals surface area contributed by atoms with Crippen LogP contribution >= 0.6 is 24.8 Å². The van der Waals surface area contributed by atoms with Crippen LogP contribution in [0.1, 0.15) is 55.4 Å². The number of amides is 1. The molecule has 0 aromatic carbocycles. The maximum absolute atomic E-state index is 11.8. The molecule has 0 aliphatic heterocycles. The van der Waals surface area contributed by atoms with Gasteiger partial charge in [-0.15, -0.1) is 24.8 Å². The van der Waals surface area contributed by atoms with Gasteiger partial charge in [0.2, 0.25) is 0 Å². The molecule has 25 heavy (non-hydrogen) atoms. The molecule has 1 saturated carbocycles. The molecule has 2 rings (SSSR count). The Labute approximate surface area is 164 Å². The minimum absolute atomic E-state index is 0. The Bertz CT molecular complexity index is 442. The molecule has 1 aromatic rings. The van der Waals surface area contributed by atoms with E-state index in [1.807, 2.05) is 12.1 Å². The lowest BCUT2D eigenvalue weighted by Gasteiger charge is -2.22. The van der Waals surface area contributed by atoms with Crippen LogP contribution in [0, 0.1) is 0 Å². The number of nitrogens with zero attached hydrogens (tertiary/aromatic N) is 1. The molecule has 1 amide bonds. The Hall–Kier alpha value is -0.880. The second-order valence-electron chi connectivity index (χ2n) is 6.22. The molecule has 0 spiro atoms. The fourth-order valence-electron chi connectivity index (χ4n) is 2.96. The van der Waals surface area contributed by atoms with Gasteiger partial charge in [-0.3, -0.25) is 9.78 Å². The van der Waals surface area contributed by atoms with Crippen molar-refractivity contribution >= 4 is 30.7 Å². The van der Waals surface area contributed by atoms with E-state index in [-0.39, 0.29) is 30.7 Å². The van der Waals surface area contributed by atoms with Crippen molar-refractivity contribution in [2.45, 2.75) is 51.0 Å². The molecule has 0 atom stereocenters. The summed E-state index contributed by atoms with van der Waals surface area (Å²) in [6, 6.07) is 6.11. The van der Waals surface area contributed by atoms with Gasteiger partial charge in [0.25, 0.3) is 5.91 Å². The summed E-state index contributed by atoms with van der Waals surface area (Å²) in [4.78, 5) is 15.8. The molecule has 1 aliphatic carbocycles. The summed E-state index contributed by atoms with van der Waals surface area (Å²) in [5.74, 6) is -0.0877. The molecular formula is C18H32Cl2N4O. The van der Waals surface area contributed by atoms with Gasteiger partial charge in [0.15, 0.2) is 0 Å². The van der Waals surface area contributed by atoms with Crippen molar-refractivity contribution in [3.63, 3.8) is 0 Å². The molecule has 144 valence electrons. The van der Waals surface area contributed by atoms with Crippen molar-refractivity contribution in [1.29, 1.82) is 0 Å². The molecule has 5 nitrogen and oxygen atoms in total. The van der Waals surface area contributed by atoms with E-state index in [1.54, 1.807) is 12.3 Å². The lowest BCUT2D eigenvalue weighted by Crippen LogP contribution is -2.36. The van der Waals surface area contributed by atoms with Gasteiger partial charge in [0.1, 0.15) is 5.69 Å². The van der Waals surface area contributed by atoms with Crippen molar-refractivity contribution in [3.8, 4) is 0 Å². The Balaban J connectivity index is 0.00000288. The van der Waals surface area contributed by atoms with E-state index >= 15 is 0 Å². The van der Waals surface area contributed by atoms with Gasteiger partial charge in [-0.25, -0.2) is 0 Å². The Kier molecular flexibility index (Phi) is 14.8. The highest BCUT2D eigenvalue weighted by Crippen LogP contribution is 2.16. The zero-order chi connectivity index (χ0) is 16.2. The van der Waals surface area contributed by atoms with E-state index in [9.17, 15) is 4.79 Å². The predicted octanol–water partition coefficient (Wildman–Crippen LogP) is 2.95. The zero-order valence-electron chi connectivity index (χ0n) is 14.8. The normalized spacial score (nSPS) is 14.2. The van der Waals surface area contributed by atoms with Gasteiger partial charge in [-0.05, 0) is 44.4 Å². The van der Waals surface area contributed by atoms with Crippen molar-refractivity contribution in [1.82, 2.24) is 20.9 Å². The van der Waals surface area contributed by atoms with Gasteiger partial charge >= 0.3 is 0 Å². The molecule has 0 unspecified atom stereocenters. The molecule has 1 fully saturated rings. The quantitative estimate of drug-likeness (QED) is 0.537. The third kappa shape index (κ3) is 10.6. The van der Waals surface area contributed by atoms with Crippen LogP contribution < -0.4 is 16.0 Å². The van der Waals surface area contributed by atoms with Crippen LogP contribution in [0.15, 0.2) is 24.4 Å². The first-order valence-corrected chi connectivity index (χ1v) is 8.99. The Morgan fingerprint density at radius 2 is 1.76 bits per heavy atom. The van der Waals surface area contributed by atoms with E-state index in [4.69, 9.17) is 0 Å². The molecule has 1 aromatic heterocycles. The minimum atomic E-state index is -0.0877. The molecular weight excluding hydrogens is 359 g/mol. The summed E-state index contributed by atoms with van der Waals surface area (Å²) in [5.41, 5.74) is 0.486. The van der Waals surface area contributed by atoms with Crippen LogP contribution in [-0.2, 0) is 0 Å². The summed E-state index contributed by atoms with van der Waals surface area (Å²) in [5, 5.41) is 9.99. The highest BCUT2D eigenvalue weighted by molar-refractivity contribution is 5.92. The smallest absolute Gasteiger partial charge is 0.269 e. The number of hydrogen-bond acceptors (Lipinski definition) is 4. The predicted molar refractivity (Wildman–Crippen MR) is 108 cm³/mol. The second-order valence-corrected chi connectivity index (χ2v) is 6.22. The number of unbranched alkanes of at least 4 members (excludes halogenated alkanes) is 1. The topological polar surface area (TPSA) is 66.1 Å². The first-order chi connectivity index (χ1) is 11.4. The van der Waals surface area contributed by atoms with Crippen LogP contribution in [0.2, 0.25) is 0 Å². The summed E-state index contributed by atoms with van der Waals surface area (Å²) < 4.78 is 0. The fourth-order valence-corrected chi connectivity index (χ4v) is 2.96. The van der Waals surface area contributed by atoms with Gasteiger partial charge in [-0.1, -0.05) is 25.3 Å². The van der Waals surface area contributed by atoms with Crippen LogP contribution in [0.5, 0.6) is 0 Å². The first-order valence-electron chi connectivity index (χ1n) is 8.99. The number of halogens is 2. The zero-order valence-corrected chi connectivity index (χ0v) is 16.5. The lowest BCUT2D eigenvalue weighted by atomic mass is 9.95. The highest BCUT2D eigenvalue weighted by atomic mass is 35.5. The van der Waals surface area contributed by atoms with Crippen molar-refractivity contribution in [2.24, 2.45) is 0 Å². The molecule has 1 heterocycles. The van der Waals surface area contributed by atoms with Gasteiger partial charge in [0.05, 0.1) is 0 Å². The number of carbonyl (C=O) groups excluding carboxylic acids is 1. The van der Waals surface area contributed by atoms with Crippen molar-refractivity contribution in [2.75, 3.05) is 26.2 Å². The third-order valence-corrected chi connectivity index (χ3v) is 4.30. The fraction of sp³-hybridized carbons (Fsp3) is 0.667. The SMILES string of the molecule is Cl.Cl.O=C(NCCCCNCCNC1CCCCC1)c1ccccn1. The maximum Gasteiger partial charge on any atom is 0.269 e. The molecule has 0 radical (unpaired) electrons. The Morgan fingerprint density at radius 3 is 2.48 bits per heavy atom. The molecule has 7 heteroatoms. The monoisotopic (exact) mass is 390 g/mol. The standard InChI is InChI=1S/C18H30N4O.2ClH/c23-18(17-10-4-5-12-21-17)22-13-7-6-11-19-14-15-20-16-8-2-1-3-9-16;;/h4-5,10,12,16,19-20H,1-3,6-9,11,13-15H2,(H,22,23);2*1H. The molecule has 1 aliphatic rings. The van der Waals surface area contributed by atoms with E-state index in [0.717, 1.165) is 38.5 Å². The summed E-state index contributed by atoms with van der Waals surface area (Å²) in [6.45, 7) is 3.79. The average molecular weight is 391 g/mol. The van der Waals surface area contributed by atoms with Crippen LogP contribution in [0.3, 0.4) is 0 Å². The number of aromatic nitrogens is 1. The van der Waals surface area contributed by atoms with Crippen molar-refractivity contribution in [3.05, 3.63) is 30.1 Å². The second kappa shape index (κ2) is 15.4. The molecule has 0 bridgehead atoms. The Morgan fingerprint density at radius 1 is 1.00 bits per heavy atom. The average Bonchev–Trinajstić information content (AvgIpc) is 2.61. The first kappa shape index (κ1) is 24.1. The summed E-state index contributed by atoms with van der Waals surface area (Å²) >= 11 is 0. The summed E-state index contributed by atoms with van der Waals surface area (Å²) in [7, 11) is 0. The molecule has 0 saturated heterocycles. The molecule has 3 N–H and O–H groups in total. The number of pyridine rings is 1. The van der Waals surface area contributed by atoms with Gasteiger partial charge in [0, 0.05) is 31.9 Å². The highest BCUT2D eigenvalue weighted by Gasteiger charge is 2.11. The van der Waals surface area contributed by atoms with Gasteiger partial charge < -0.3 is 16.0 Å². The minimum Gasteiger partial charge on any atom is -0.351 e. The lowest BCUT2D eigenvalue weighted by molar-refractivity contribution is 0.0948. The summed E-state index contributed by atoms with van der Waals surface area (Å²) in [6.07, 6.45) is 10.6. The van der Waals surface area contributed by atoms with E-state index in [1.165, 1.54) is 32.1 Å².